The van der Waals surface area contributed by atoms with Crippen LogP contribution in [0.3, 0.4) is 0 Å². The Morgan fingerprint density at radius 3 is 1.95 bits per heavy atom. The molecule has 0 aliphatic carbocycles. The minimum absolute atomic E-state index is 0. The Labute approximate surface area is 169 Å². The van der Waals surface area contributed by atoms with Gasteiger partial charge in [-0.2, -0.15) is 24.1 Å². The van der Waals surface area contributed by atoms with Crippen LogP contribution in [0.2, 0.25) is 0 Å². The van der Waals surface area contributed by atoms with Gasteiger partial charge in [0.2, 0.25) is 0 Å². The van der Waals surface area contributed by atoms with Crippen molar-refractivity contribution in [2.75, 3.05) is 5.32 Å². The smallest absolute Gasteiger partial charge is 0.0862 e. The van der Waals surface area contributed by atoms with Crippen LogP contribution >= 0.6 is 0 Å². The molecular formula is C16H15NOW3-2. The number of hydrogen-bond acceptors (Lipinski definition) is 1. The summed E-state index contributed by atoms with van der Waals surface area (Å²) in [5.74, 6) is -0.0756. The Hall–Kier alpha value is -0.285. The maximum atomic E-state index is 11.6. The summed E-state index contributed by atoms with van der Waals surface area (Å²) in [5, 5.41) is 2.81. The van der Waals surface area contributed by atoms with Gasteiger partial charge in [0.1, 0.15) is 0 Å². The number of para-hydroxylation sites is 1. The molecule has 0 aliphatic rings. The van der Waals surface area contributed by atoms with Crippen molar-refractivity contribution in [1.82, 2.24) is 0 Å². The van der Waals surface area contributed by atoms with Crippen LogP contribution in [0.4, 0.5) is 5.69 Å². The number of carbonyl (C=O) groups excluding carboxylic acids is 1. The van der Waals surface area contributed by atoms with E-state index in [-0.39, 0.29) is 69.1 Å². The van der Waals surface area contributed by atoms with E-state index in [2.05, 4.69) is 5.32 Å². The molecule has 0 aromatic heterocycles. The Morgan fingerprint density at radius 2 is 1.38 bits per heavy atom. The molecule has 5 heteroatoms. The predicted octanol–water partition coefficient (Wildman–Crippen LogP) is 3.46. The number of carbonyl (C=O) groups is 1. The van der Waals surface area contributed by atoms with Gasteiger partial charge in [0.15, 0.2) is 0 Å². The Kier molecular flexibility index (Phi) is 14.6. The first-order chi connectivity index (χ1) is 8.84. The van der Waals surface area contributed by atoms with Crippen LogP contribution < -0.4 is 5.32 Å². The zero-order valence-corrected chi connectivity index (χ0v) is 20.1. The third-order valence-electron chi connectivity index (χ3n) is 2.50. The molecule has 21 heavy (non-hydrogen) atoms. The van der Waals surface area contributed by atoms with Gasteiger partial charge in [0.05, 0.1) is 5.91 Å². The minimum atomic E-state index is -0.0756. The molecule has 0 unspecified atom stereocenters. The molecule has 0 saturated heterocycles. The van der Waals surface area contributed by atoms with E-state index in [0.29, 0.717) is 6.42 Å². The second-order valence-corrected chi connectivity index (χ2v) is 3.91. The Bertz CT molecular complexity index is 491. The number of benzene rings is 2. The second-order valence-electron chi connectivity index (χ2n) is 3.91. The standard InChI is InChI=1S/C16H15NO.3W/c18-16(17-15-11-5-2-6-12-15)13-7-10-14-8-3-1-4-9-14;;;/h1-6,8-13H,7H2,(H,17,18);;;/q-2;;;. The van der Waals surface area contributed by atoms with Crippen molar-refractivity contribution in [1.29, 1.82) is 0 Å². The predicted molar refractivity (Wildman–Crippen MR) is 73.8 cm³/mol. The van der Waals surface area contributed by atoms with E-state index >= 15 is 0 Å². The van der Waals surface area contributed by atoms with Gasteiger partial charge >= 0.3 is 0 Å². The normalized spacial score (nSPS) is 8.19. The maximum absolute atomic E-state index is 11.6. The van der Waals surface area contributed by atoms with Crippen molar-refractivity contribution in [3.05, 3.63) is 79.1 Å². The molecule has 1 amide bonds. The monoisotopic (exact) mass is 789 g/mol. The van der Waals surface area contributed by atoms with E-state index < -0.39 is 0 Å². The van der Waals surface area contributed by atoms with Gasteiger partial charge < -0.3 is 16.5 Å². The molecule has 1 N–H and O–H groups in total. The zero-order valence-electron chi connectivity index (χ0n) is 11.3. The molecule has 0 spiro atoms. The average Bonchev–Trinajstić information content (AvgIpc) is 2.41. The van der Waals surface area contributed by atoms with Gasteiger partial charge in [0.25, 0.3) is 0 Å². The summed E-state index contributed by atoms with van der Waals surface area (Å²) in [7, 11) is 0. The molecule has 110 valence electrons. The van der Waals surface area contributed by atoms with Crippen LogP contribution in [0.15, 0.2) is 60.7 Å². The summed E-state index contributed by atoms with van der Waals surface area (Å²) >= 11 is 0. The first kappa shape index (κ1) is 23.0. The molecule has 0 radical (unpaired) electrons. The number of hydrogen-bond donors (Lipinski definition) is 1. The summed E-state index contributed by atoms with van der Waals surface area (Å²) in [4.78, 5) is 11.6. The van der Waals surface area contributed by atoms with Gasteiger partial charge in [-0.05, 0) is 12.1 Å². The van der Waals surface area contributed by atoms with Crippen molar-refractivity contribution < 1.29 is 68.0 Å². The fraction of sp³-hybridized carbons (Fsp3) is 0.0625. The Balaban J connectivity index is 0. The summed E-state index contributed by atoms with van der Waals surface area (Å²) < 4.78 is 0. The number of amides is 1. The molecule has 0 fully saturated rings. The quantitative estimate of drug-likeness (QED) is 0.463. The van der Waals surface area contributed by atoms with Crippen molar-refractivity contribution >= 4 is 11.6 Å². The van der Waals surface area contributed by atoms with E-state index in [9.17, 15) is 4.79 Å². The van der Waals surface area contributed by atoms with Crippen LogP contribution in [-0.4, -0.2) is 5.91 Å². The largest absolute Gasteiger partial charge is 0.351 e. The summed E-state index contributed by atoms with van der Waals surface area (Å²) in [6, 6.07) is 19.4. The maximum Gasteiger partial charge on any atom is 0.0862 e. The first-order valence-corrected chi connectivity index (χ1v) is 5.92. The van der Waals surface area contributed by atoms with Crippen molar-refractivity contribution in [2.24, 2.45) is 0 Å². The van der Waals surface area contributed by atoms with Gasteiger partial charge in [-0.1, -0.05) is 24.3 Å². The van der Waals surface area contributed by atoms with Gasteiger partial charge in [-0.3, -0.25) is 0 Å². The van der Waals surface area contributed by atoms with E-state index in [4.69, 9.17) is 0 Å². The SMILES string of the molecule is O=C([CH-]C[CH-]c1ccccc1)Nc1ccccc1.[W].[W].[W]. The molecule has 0 aliphatic heterocycles. The molecule has 0 bridgehead atoms. The molecule has 2 aromatic rings. The third-order valence-corrected chi connectivity index (χ3v) is 2.50. The van der Waals surface area contributed by atoms with Crippen LogP contribution in [0, 0.1) is 12.8 Å². The third kappa shape index (κ3) is 9.36. The molecule has 0 saturated carbocycles. The average molecular weight is 789 g/mol. The van der Waals surface area contributed by atoms with Gasteiger partial charge in [-0.25, -0.2) is 6.42 Å². The van der Waals surface area contributed by atoms with E-state index in [1.807, 2.05) is 67.1 Å². The Morgan fingerprint density at radius 1 is 0.857 bits per heavy atom. The number of rotatable bonds is 5. The van der Waals surface area contributed by atoms with Crippen molar-refractivity contribution in [3.63, 3.8) is 0 Å². The van der Waals surface area contributed by atoms with Crippen LogP contribution in [0.25, 0.3) is 0 Å². The molecule has 0 heterocycles. The van der Waals surface area contributed by atoms with Gasteiger partial charge in [-0.15, -0.1) is 12.1 Å². The molecule has 2 aromatic carbocycles. The summed E-state index contributed by atoms with van der Waals surface area (Å²) in [5.41, 5.74) is 1.94. The number of nitrogens with one attached hydrogen (secondary N) is 1. The fourth-order valence-corrected chi connectivity index (χ4v) is 1.61. The van der Waals surface area contributed by atoms with Crippen LogP contribution in [0.5, 0.6) is 0 Å². The van der Waals surface area contributed by atoms with E-state index in [0.717, 1.165) is 11.3 Å². The molecule has 2 rings (SSSR count). The summed E-state index contributed by atoms with van der Waals surface area (Å²) in [6.07, 6.45) is 4.28. The minimum Gasteiger partial charge on any atom is -0.351 e. The van der Waals surface area contributed by atoms with Crippen molar-refractivity contribution in [2.45, 2.75) is 6.42 Å². The van der Waals surface area contributed by atoms with Crippen LogP contribution in [-0.2, 0) is 68.0 Å². The molecular weight excluding hydrogens is 774 g/mol. The topological polar surface area (TPSA) is 29.1 Å². The molecule has 2 nitrogen and oxygen atoms in total. The summed E-state index contributed by atoms with van der Waals surface area (Å²) in [6.45, 7) is 0. The number of anilines is 1. The van der Waals surface area contributed by atoms with Crippen molar-refractivity contribution in [3.8, 4) is 0 Å². The van der Waals surface area contributed by atoms with Gasteiger partial charge in [0, 0.05) is 68.9 Å². The first-order valence-electron chi connectivity index (χ1n) is 5.92. The van der Waals surface area contributed by atoms with Crippen LogP contribution in [0.1, 0.15) is 12.0 Å². The zero-order chi connectivity index (χ0) is 12.6. The van der Waals surface area contributed by atoms with E-state index in [1.165, 1.54) is 0 Å². The fourth-order valence-electron chi connectivity index (χ4n) is 1.61. The molecule has 0 atom stereocenters. The second kappa shape index (κ2) is 13.4. The van der Waals surface area contributed by atoms with E-state index in [1.54, 1.807) is 6.42 Å².